The zero-order valence-corrected chi connectivity index (χ0v) is 12.7. The first-order valence-electron chi connectivity index (χ1n) is 6.59. The van der Waals surface area contributed by atoms with Crippen LogP contribution in [0.1, 0.15) is 22.8 Å². The number of hydrogen-bond acceptors (Lipinski definition) is 1. The minimum atomic E-state index is 0.713. The highest BCUT2D eigenvalue weighted by Gasteiger charge is 2.13. The SMILES string of the molecule is CCc1ccc(-c2[nH]c3c(Br)cccc3c2C=O)cc1. The van der Waals surface area contributed by atoms with Gasteiger partial charge in [-0.05, 0) is 39.5 Å². The lowest BCUT2D eigenvalue weighted by molar-refractivity contribution is 0.112. The summed E-state index contributed by atoms with van der Waals surface area (Å²) in [5, 5.41) is 0.948. The second-order valence-corrected chi connectivity index (χ2v) is 5.60. The number of aldehydes is 1. The Morgan fingerprint density at radius 1 is 1.15 bits per heavy atom. The minimum Gasteiger partial charge on any atom is -0.353 e. The predicted octanol–water partition coefficient (Wildman–Crippen LogP) is 4.97. The summed E-state index contributed by atoms with van der Waals surface area (Å²) in [6.45, 7) is 2.13. The number of H-pyrrole nitrogens is 1. The number of carbonyl (C=O) groups excluding carboxylic acids is 1. The van der Waals surface area contributed by atoms with Crippen LogP contribution in [0.3, 0.4) is 0 Å². The third-order valence-corrected chi connectivity index (χ3v) is 4.25. The first kappa shape index (κ1) is 13.1. The molecule has 0 fully saturated rings. The Bertz CT molecular complexity index is 772. The van der Waals surface area contributed by atoms with E-state index in [1.807, 2.05) is 18.2 Å². The Balaban J connectivity index is 2.24. The van der Waals surface area contributed by atoms with Crippen molar-refractivity contribution in [3.63, 3.8) is 0 Å². The van der Waals surface area contributed by atoms with Gasteiger partial charge >= 0.3 is 0 Å². The lowest BCUT2D eigenvalue weighted by Crippen LogP contribution is -1.86. The Kier molecular flexibility index (Phi) is 3.45. The highest BCUT2D eigenvalue weighted by Crippen LogP contribution is 2.32. The number of hydrogen-bond donors (Lipinski definition) is 1. The summed E-state index contributed by atoms with van der Waals surface area (Å²) in [5.74, 6) is 0. The molecule has 0 amide bonds. The van der Waals surface area contributed by atoms with Gasteiger partial charge in [-0.3, -0.25) is 4.79 Å². The molecule has 3 heteroatoms. The van der Waals surface area contributed by atoms with Crippen molar-refractivity contribution in [1.29, 1.82) is 0 Å². The fourth-order valence-corrected chi connectivity index (χ4v) is 2.93. The Hall–Kier alpha value is -1.87. The number of carbonyl (C=O) groups is 1. The summed E-state index contributed by atoms with van der Waals surface area (Å²) in [5.41, 5.74) is 4.88. The van der Waals surface area contributed by atoms with Crippen LogP contribution in [0.25, 0.3) is 22.2 Å². The lowest BCUT2D eigenvalue weighted by atomic mass is 10.0. The van der Waals surface area contributed by atoms with Crippen molar-refractivity contribution in [1.82, 2.24) is 4.98 Å². The summed E-state index contributed by atoms with van der Waals surface area (Å²) in [7, 11) is 0. The fourth-order valence-electron chi connectivity index (χ4n) is 2.46. The summed E-state index contributed by atoms with van der Waals surface area (Å²) in [6, 6.07) is 14.2. The van der Waals surface area contributed by atoms with E-state index in [0.717, 1.165) is 39.3 Å². The van der Waals surface area contributed by atoms with Crippen LogP contribution >= 0.6 is 15.9 Å². The first-order chi connectivity index (χ1) is 9.74. The number of fused-ring (bicyclic) bond motifs is 1. The highest BCUT2D eigenvalue weighted by molar-refractivity contribution is 9.10. The maximum absolute atomic E-state index is 11.5. The van der Waals surface area contributed by atoms with Crippen molar-refractivity contribution in [3.8, 4) is 11.3 Å². The lowest BCUT2D eigenvalue weighted by Gasteiger charge is -2.02. The van der Waals surface area contributed by atoms with Gasteiger partial charge in [0.25, 0.3) is 0 Å². The molecule has 1 aromatic heterocycles. The van der Waals surface area contributed by atoms with E-state index in [1.165, 1.54) is 5.56 Å². The van der Waals surface area contributed by atoms with Gasteiger partial charge in [-0.1, -0.05) is 43.3 Å². The van der Waals surface area contributed by atoms with E-state index in [9.17, 15) is 4.79 Å². The number of rotatable bonds is 3. The molecule has 0 radical (unpaired) electrons. The molecule has 3 rings (SSSR count). The smallest absolute Gasteiger partial charge is 0.152 e. The Morgan fingerprint density at radius 3 is 2.55 bits per heavy atom. The highest BCUT2D eigenvalue weighted by atomic mass is 79.9. The molecule has 0 bridgehead atoms. The molecule has 0 aliphatic rings. The molecule has 0 unspecified atom stereocenters. The zero-order valence-electron chi connectivity index (χ0n) is 11.1. The van der Waals surface area contributed by atoms with Gasteiger partial charge in [0.05, 0.1) is 11.2 Å². The largest absolute Gasteiger partial charge is 0.353 e. The molecule has 100 valence electrons. The van der Waals surface area contributed by atoms with Crippen LogP contribution < -0.4 is 0 Å². The topological polar surface area (TPSA) is 32.9 Å². The van der Waals surface area contributed by atoms with Crippen LogP contribution in [0.4, 0.5) is 0 Å². The first-order valence-corrected chi connectivity index (χ1v) is 7.38. The molecular weight excluding hydrogens is 314 g/mol. The Morgan fingerprint density at radius 2 is 1.90 bits per heavy atom. The minimum absolute atomic E-state index is 0.713. The van der Waals surface area contributed by atoms with E-state index in [0.29, 0.717) is 5.56 Å². The van der Waals surface area contributed by atoms with Crippen LogP contribution in [0.15, 0.2) is 46.9 Å². The number of benzene rings is 2. The molecule has 0 saturated heterocycles. The summed E-state index contributed by atoms with van der Waals surface area (Å²) < 4.78 is 0.967. The van der Waals surface area contributed by atoms with Gasteiger partial charge in [-0.2, -0.15) is 0 Å². The molecule has 1 heterocycles. The van der Waals surface area contributed by atoms with E-state index in [-0.39, 0.29) is 0 Å². The van der Waals surface area contributed by atoms with Crippen LogP contribution in [0.2, 0.25) is 0 Å². The van der Waals surface area contributed by atoms with Gasteiger partial charge < -0.3 is 4.98 Å². The van der Waals surface area contributed by atoms with Gasteiger partial charge in [-0.15, -0.1) is 0 Å². The van der Waals surface area contributed by atoms with E-state index in [2.05, 4.69) is 52.1 Å². The van der Waals surface area contributed by atoms with Gasteiger partial charge in [0.15, 0.2) is 6.29 Å². The summed E-state index contributed by atoms with van der Waals surface area (Å²) in [4.78, 5) is 14.8. The molecule has 0 aliphatic carbocycles. The van der Waals surface area contributed by atoms with Gasteiger partial charge in [0, 0.05) is 15.4 Å². The average molecular weight is 328 g/mol. The molecule has 3 aromatic rings. The van der Waals surface area contributed by atoms with Crippen LogP contribution in [0, 0.1) is 0 Å². The van der Waals surface area contributed by atoms with E-state index in [4.69, 9.17) is 0 Å². The molecule has 0 spiro atoms. The van der Waals surface area contributed by atoms with Gasteiger partial charge in [-0.25, -0.2) is 0 Å². The third kappa shape index (κ3) is 2.08. The molecule has 20 heavy (non-hydrogen) atoms. The van der Waals surface area contributed by atoms with Crippen LogP contribution in [-0.4, -0.2) is 11.3 Å². The number of aryl methyl sites for hydroxylation is 1. The maximum atomic E-state index is 11.5. The van der Waals surface area contributed by atoms with E-state index < -0.39 is 0 Å². The van der Waals surface area contributed by atoms with Crippen molar-refractivity contribution in [2.45, 2.75) is 13.3 Å². The summed E-state index contributed by atoms with van der Waals surface area (Å²) >= 11 is 3.52. The van der Waals surface area contributed by atoms with Crippen LogP contribution in [-0.2, 0) is 6.42 Å². The molecular formula is C17H14BrNO. The number of aromatic nitrogens is 1. The normalized spacial score (nSPS) is 10.9. The van der Waals surface area contributed by atoms with Crippen molar-refractivity contribution in [3.05, 3.63) is 58.1 Å². The molecule has 0 saturated carbocycles. The van der Waals surface area contributed by atoms with Crippen molar-refractivity contribution in [2.75, 3.05) is 0 Å². The van der Waals surface area contributed by atoms with Crippen molar-refractivity contribution < 1.29 is 4.79 Å². The molecule has 0 aliphatic heterocycles. The quantitative estimate of drug-likeness (QED) is 0.676. The second-order valence-electron chi connectivity index (χ2n) is 4.74. The molecule has 2 aromatic carbocycles. The van der Waals surface area contributed by atoms with E-state index in [1.54, 1.807) is 0 Å². The van der Waals surface area contributed by atoms with Gasteiger partial charge in [0.2, 0.25) is 0 Å². The number of para-hydroxylation sites is 1. The Labute approximate surface area is 126 Å². The second kappa shape index (κ2) is 5.25. The maximum Gasteiger partial charge on any atom is 0.152 e. The predicted molar refractivity (Wildman–Crippen MR) is 86.2 cm³/mol. The monoisotopic (exact) mass is 327 g/mol. The summed E-state index contributed by atoms with van der Waals surface area (Å²) in [6.07, 6.45) is 1.94. The molecule has 0 atom stereocenters. The standard InChI is InChI=1S/C17H14BrNO/c1-2-11-6-8-12(9-7-11)16-14(10-20)13-4-3-5-15(18)17(13)19-16/h3-10,19H,2H2,1H3. The zero-order chi connectivity index (χ0) is 14.1. The third-order valence-electron chi connectivity index (χ3n) is 3.59. The number of nitrogens with one attached hydrogen (secondary N) is 1. The van der Waals surface area contributed by atoms with Crippen molar-refractivity contribution in [2.24, 2.45) is 0 Å². The molecule has 1 N–H and O–H groups in total. The van der Waals surface area contributed by atoms with Crippen LogP contribution in [0.5, 0.6) is 0 Å². The van der Waals surface area contributed by atoms with E-state index >= 15 is 0 Å². The van der Waals surface area contributed by atoms with Crippen molar-refractivity contribution >= 4 is 33.1 Å². The van der Waals surface area contributed by atoms with Gasteiger partial charge in [0.1, 0.15) is 0 Å². The average Bonchev–Trinajstić information content (AvgIpc) is 2.87. The number of aromatic amines is 1. The molecule has 2 nitrogen and oxygen atoms in total. The number of halogens is 1. The fraction of sp³-hybridized carbons (Fsp3) is 0.118.